The monoisotopic (exact) mass is 620 g/mol. The van der Waals surface area contributed by atoms with Crippen LogP contribution in [0.3, 0.4) is 0 Å². The van der Waals surface area contributed by atoms with Gasteiger partial charge in [-0.05, 0) is 68.6 Å². The zero-order valence-corrected chi connectivity index (χ0v) is 24.9. The summed E-state index contributed by atoms with van der Waals surface area (Å²) in [4.78, 5) is 17.2. The van der Waals surface area contributed by atoms with E-state index < -0.39 is 8.07 Å². The summed E-state index contributed by atoms with van der Waals surface area (Å²) in [5.74, 6) is 3.49. The number of carbonyl (C=O) groups is 1. The molecule has 0 unspecified atom stereocenters. The number of fused-ring (bicyclic) bond motifs is 3. The number of benzene rings is 3. The van der Waals surface area contributed by atoms with E-state index in [1.165, 1.54) is 31.4 Å². The zero-order chi connectivity index (χ0) is 26.0. The predicted octanol–water partition coefficient (Wildman–Crippen LogP) is 6.59. The van der Waals surface area contributed by atoms with E-state index in [-0.39, 0.29) is 12.0 Å². The van der Waals surface area contributed by atoms with Crippen LogP contribution in [-0.2, 0) is 11.3 Å². The highest BCUT2D eigenvalue weighted by Gasteiger charge is 2.30. The van der Waals surface area contributed by atoms with Crippen LogP contribution in [0.25, 0.3) is 11.1 Å². The lowest BCUT2D eigenvalue weighted by atomic mass is 9.98. The standard InChI is InChI=1S/C31H33IN2O2Si/c1-37(2,3)17-12-23-18-24(20-25(32)19-23)21-33-13-15-34(16-14-33)31(35)36-22-30-28-10-6-4-8-26(28)27-9-5-7-11-29(27)30/h4-11,18-20,30H,13-16,21-22H2,1-3H3. The third-order valence-corrected chi connectivity index (χ3v) is 8.41. The van der Waals surface area contributed by atoms with Gasteiger partial charge >= 0.3 is 6.09 Å². The number of rotatable bonds is 4. The molecule has 3 aromatic carbocycles. The lowest BCUT2D eigenvalue weighted by Gasteiger charge is -2.34. The van der Waals surface area contributed by atoms with E-state index in [0.717, 1.165) is 25.2 Å². The fourth-order valence-electron chi connectivity index (χ4n) is 5.11. The van der Waals surface area contributed by atoms with Crippen molar-refractivity contribution in [3.05, 3.63) is 92.6 Å². The SMILES string of the molecule is C[Si](C)(C)C#Cc1cc(I)cc(CN2CCN(C(=O)OCC3c4ccccc4-c4ccccc43)CC2)c1. The van der Waals surface area contributed by atoms with Crippen molar-refractivity contribution in [3.63, 3.8) is 0 Å². The molecule has 37 heavy (non-hydrogen) atoms. The Labute approximate surface area is 235 Å². The van der Waals surface area contributed by atoms with Crippen LogP contribution in [0.5, 0.6) is 0 Å². The summed E-state index contributed by atoms with van der Waals surface area (Å²) in [6, 6.07) is 23.5. The van der Waals surface area contributed by atoms with Crippen molar-refractivity contribution in [3.8, 4) is 22.6 Å². The van der Waals surface area contributed by atoms with Gasteiger partial charge in [-0.15, -0.1) is 5.54 Å². The molecule has 0 atom stereocenters. The van der Waals surface area contributed by atoms with Crippen LogP contribution in [0.2, 0.25) is 19.6 Å². The highest BCUT2D eigenvalue weighted by atomic mass is 127. The first kappa shape index (κ1) is 26.0. The van der Waals surface area contributed by atoms with Crippen molar-refractivity contribution in [1.82, 2.24) is 9.80 Å². The molecule has 1 heterocycles. The second-order valence-electron chi connectivity index (χ2n) is 10.9. The van der Waals surface area contributed by atoms with Crippen LogP contribution in [-0.4, -0.2) is 56.8 Å². The third-order valence-electron chi connectivity index (χ3n) is 6.91. The summed E-state index contributed by atoms with van der Waals surface area (Å²) < 4.78 is 7.09. The van der Waals surface area contributed by atoms with Crippen LogP contribution < -0.4 is 0 Å². The number of amides is 1. The van der Waals surface area contributed by atoms with Crippen LogP contribution in [0.15, 0.2) is 66.7 Å². The van der Waals surface area contributed by atoms with Gasteiger partial charge in [-0.1, -0.05) is 74.1 Å². The average molecular weight is 621 g/mol. The first-order valence-corrected chi connectivity index (χ1v) is 17.5. The first-order valence-electron chi connectivity index (χ1n) is 12.9. The molecule has 0 N–H and O–H groups in total. The Morgan fingerprint density at radius 1 is 0.946 bits per heavy atom. The van der Waals surface area contributed by atoms with Crippen LogP contribution in [0, 0.1) is 15.0 Å². The maximum Gasteiger partial charge on any atom is 0.409 e. The summed E-state index contributed by atoms with van der Waals surface area (Å²) in [5.41, 5.74) is 10.8. The van der Waals surface area contributed by atoms with Gasteiger partial charge in [-0.3, -0.25) is 4.90 Å². The molecular formula is C31H33IN2O2Si. The fourth-order valence-corrected chi connectivity index (χ4v) is 6.36. The van der Waals surface area contributed by atoms with E-state index in [1.54, 1.807) is 0 Å². The summed E-state index contributed by atoms with van der Waals surface area (Å²) >= 11 is 2.38. The Hall–Kier alpha value is -2.60. The van der Waals surface area contributed by atoms with Crippen molar-refractivity contribution >= 4 is 36.8 Å². The molecule has 4 nitrogen and oxygen atoms in total. The molecule has 1 aliphatic heterocycles. The summed E-state index contributed by atoms with van der Waals surface area (Å²) in [6.07, 6.45) is -0.209. The Morgan fingerprint density at radius 2 is 1.57 bits per heavy atom. The van der Waals surface area contributed by atoms with Gasteiger partial charge in [0.25, 0.3) is 0 Å². The van der Waals surface area contributed by atoms with Gasteiger partial charge in [-0.25, -0.2) is 4.79 Å². The molecule has 1 fully saturated rings. The van der Waals surface area contributed by atoms with Crippen molar-refractivity contribution in [2.75, 3.05) is 32.8 Å². The molecule has 1 amide bonds. The number of carbonyl (C=O) groups excluding carboxylic acids is 1. The van der Waals surface area contributed by atoms with Gasteiger partial charge in [0, 0.05) is 47.8 Å². The van der Waals surface area contributed by atoms with E-state index in [0.29, 0.717) is 19.7 Å². The number of piperazine rings is 1. The van der Waals surface area contributed by atoms with Gasteiger partial charge in [0.2, 0.25) is 0 Å². The Bertz CT molecular complexity index is 1320. The molecule has 6 heteroatoms. The number of hydrogen-bond donors (Lipinski definition) is 0. The van der Waals surface area contributed by atoms with Crippen molar-refractivity contribution in [2.24, 2.45) is 0 Å². The van der Waals surface area contributed by atoms with Gasteiger partial charge in [-0.2, -0.15) is 0 Å². The van der Waals surface area contributed by atoms with Crippen molar-refractivity contribution in [2.45, 2.75) is 32.1 Å². The molecule has 3 aromatic rings. The number of hydrogen-bond acceptors (Lipinski definition) is 3. The smallest absolute Gasteiger partial charge is 0.409 e. The first-order chi connectivity index (χ1) is 17.8. The minimum absolute atomic E-state index is 0.0939. The van der Waals surface area contributed by atoms with Gasteiger partial charge < -0.3 is 9.64 Å². The lowest BCUT2D eigenvalue weighted by Crippen LogP contribution is -2.48. The van der Waals surface area contributed by atoms with Crippen LogP contribution in [0.4, 0.5) is 4.79 Å². The molecule has 190 valence electrons. The third kappa shape index (κ3) is 6.28. The Kier molecular flexibility index (Phi) is 7.75. The maximum absolute atomic E-state index is 13.0. The van der Waals surface area contributed by atoms with E-state index >= 15 is 0 Å². The Balaban J connectivity index is 1.16. The molecule has 0 bridgehead atoms. The van der Waals surface area contributed by atoms with E-state index in [4.69, 9.17) is 4.74 Å². The quantitative estimate of drug-likeness (QED) is 0.188. The highest BCUT2D eigenvalue weighted by Crippen LogP contribution is 2.44. The van der Waals surface area contributed by atoms with E-state index in [1.807, 2.05) is 4.90 Å². The van der Waals surface area contributed by atoms with Gasteiger partial charge in [0.05, 0.1) is 0 Å². The van der Waals surface area contributed by atoms with Gasteiger partial charge in [0.1, 0.15) is 14.7 Å². The summed E-state index contributed by atoms with van der Waals surface area (Å²) in [6.45, 7) is 11.1. The molecule has 2 aliphatic rings. The second-order valence-corrected chi connectivity index (χ2v) is 16.9. The molecule has 0 radical (unpaired) electrons. The molecule has 5 rings (SSSR count). The number of nitrogens with zero attached hydrogens (tertiary/aromatic N) is 2. The van der Waals surface area contributed by atoms with Crippen molar-refractivity contribution < 1.29 is 9.53 Å². The molecule has 0 saturated carbocycles. The average Bonchev–Trinajstić information content (AvgIpc) is 3.19. The zero-order valence-electron chi connectivity index (χ0n) is 21.8. The predicted molar refractivity (Wildman–Crippen MR) is 161 cm³/mol. The van der Waals surface area contributed by atoms with E-state index in [2.05, 4.69) is 125 Å². The largest absolute Gasteiger partial charge is 0.448 e. The summed E-state index contributed by atoms with van der Waals surface area (Å²) in [5, 5.41) is 0. The molecular weight excluding hydrogens is 587 g/mol. The van der Waals surface area contributed by atoms with Crippen molar-refractivity contribution in [1.29, 1.82) is 0 Å². The van der Waals surface area contributed by atoms with Gasteiger partial charge in [0.15, 0.2) is 0 Å². The molecule has 1 aliphatic carbocycles. The topological polar surface area (TPSA) is 32.8 Å². The second kappa shape index (κ2) is 11.0. The minimum atomic E-state index is -1.41. The summed E-state index contributed by atoms with van der Waals surface area (Å²) in [7, 11) is -1.41. The fraction of sp³-hybridized carbons (Fsp3) is 0.323. The van der Waals surface area contributed by atoms with Crippen LogP contribution >= 0.6 is 22.6 Å². The normalized spacial score (nSPS) is 15.5. The lowest BCUT2D eigenvalue weighted by molar-refractivity contribution is 0.0728. The Morgan fingerprint density at radius 3 is 2.19 bits per heavy atom. The van der Waals surface area contributed by atoms with E-state index in [9.17, 15) is 4.79 Å². The molecule has 1 saturated heterocycles. The number of halogens is 1. The molecule has 0 aromatic heterocycles. The van der Waals surface area contributed by atoms with Crippen LogP contribution in [0.1, 0.15) is 28.2 Å². The maximum atomic E-state index is 13.0. The number of ether oxygens (including phenoxy) is 1. The minimum Gasteiger partial charge on any atom is -0.448 e. The molecule has 0 spiro atoms. The highest BCUT2D eigenvalue weighted by molar-refractivity contribution is 14.1.